The van der Waals surface area contributed by atoms with Gasteiger partial charge in [-0.3, -0.25) is 4.79 Å². The molecule has 0 radical (unpaired) electrons. The molecule has 3 heterocycles. The molecule has 7 heteroatoms. The van der Waals surface area contributed by atoms with Gasteiger partial charge in [-0.2, -0.15) is 0 Å². The van der Waals surface area contributed by atoms with Crippen LogP contribution in [0.2, 0.25) is 0 Å². The summed E-state index contributed by atoms with van der Waals surface area (Å²) in [5, 5.41) is 0.322. The van der Waals surface area contributed by atoms with Crippen LogP contribution in [0.4, 0.5) is 0 Å². The molecule has 5 nitrogen and oxygen atoms in total. The fraction of sp³-hybridized carbons (Fsp3) is 0.923. The van der Waals surface area contributed by atoms with E-state index in [1.807, 2.05) is 27.7 Å². The first-order valence-corrected chi connectivity index (χ1v) is 9.01. The van der Waals surface area contributed by atoms with Crippen molar-refractivity contribution >= 4 is 26.7 Å². The molecule has 0 saturated carbocycles. The molecule has 3 aliphatic rings. The number of carbonyl (C=O) groups is 1. The fourth-order valence-corrected chi connectivity index (χ4v) is 5.34. The lowest BCUT2D eigenvalue weighted by atomic mass is 10.0. The van der Waals surface area contributed by atoms with Gasteiger partial charge in [-0.05, 0) is 38.5 Å². The van der Waals surface area contributed by atoms with E-state index >= 15 is 0 Å². The minimum absolute atomic E-state index is 0.117. The van der Waals surface area contributed by atoms with Crippen LogP contribution in [-0.4, -0.2) is 46.9 Å². The molecular formula is C13H20O5S2. The van der Waals surface area contributed by atoms with Gasteiger partial charge in [-0.15, -0.1) is 0 Å². The van der Waals surface area contributed by atoms with E-state index in [4.69, 9.17) is 18.9 Å². The summed E-state index contributed by atoms with van der Waals surface area (Å²) in [4.78, 5) is 11.5. The zero-order valence-electron chi connectivity index (χ0n) is 12.1. The highest BCUT2D eigenvalue weighted by molar-refractivity contribution is 8.83. The summed E-state index contributed by atoms with van der Waals surface area (Å²) in [6, 6.07) is 0. The lowest BCUT2D eigenvalue weighted by molar-refractivity contribution is -0.174. The van der Waals surface area contributed by atoms with Crippen LogP contribution in [0.5, 0.6) is 0 Å². The van der Waals surface area contributed by atoms with Crippen LogP contribution < -0.4 is 0 Å². The Balaban J connectivity index is 1.75. The van der Waals surface area contributed by atoms with Gasteiger partial charge in [0, 0.05) is 6.42 Å². The molecular weight excluding hydrogens is 300 g/mol. The lowest BCUT2D eigenvalue weighted by Crippen LogP contribution is -2.42. The van der Waals surface area contributed by atoms with E-state index in [9.17, 15) is 4.79 Å². The van der Waals surface area contributed by atoms with Crippen molar-refractivity contribution in [1.29, 1.82) is 0 Å². The van der Waals surface area contributed by atoms with Gasteiger partial charge in [0.25, 0.3) is 0 Å². The molecule has 0 bridgehead atoms. The highest BCUT2D eigenvalue weighted by Crippen LogP contribution is 2.47. The molecule has 0 aliphatic carbocycles. The number of hydrogen-bond donors (Lipinski definition) is 0. The maximum absolute atomic E-state index is 11.5. The Bertz CT molecular complexity index is 412. The first-order chi connectivity index (χ1) is 9.26. The smallest absolute Gasteiger partial charge is 0.200 e. The van der Waals surface area contributed by atoms with Crippen molar-refractivity contribution in [2.45, 2.75) is 69.3 Å². The van der Waals surface area contributed by atoms with Crippen LogP contribution in [0.15, 0.2) is 0 Å². The average Bonchev–Trinajstić information content (AvgIpc) is 2.96. The van der Waals surface area contributed by atoms with Crippen molar-refractivity contribution in [2.75, 3.05) is 6.61 Å². The molecule has 0 spiro atoms. The second-order valence-corrected chi connectivity index (χ2v) is 8.72. The van der Waals surface area contributed by atoms with E-state index < -0.39 is 11.6 Å². The van der Waals surface area contributed by atoms with Gasteiger partial charge in [-0.25, -0.2) is 0 Å². The number of ether oxygens (including phenoxy) is 4. The standard InChI is InChI=1S/C13H20O5S2/c1-12(2)15-6-7(16-12)10-11(18-13(3,4)17-10)8-5-9(14)20-19-8/h7-8,10-11H,5-6H2,1-4H3/t7-,8?,10-,11-/m1/s1. The molecule has 114 valence electrons. The summed E-state index contributed by atoms with van der Waals surface area (Å²) in [7, 11) is 2.88. The van der Waals surface area contributed by atoms with Crippen LogP contribution >= 0.6 is 21.6 Å². The summed E-state index contributed by atoms with van der Waals surface area (Å²) < 4.78 is 23.6. The van der Waals surface area contributed by atoms with Crippen molar-refractivity contribution in [3.8, 4) is 0 Å². The third kappa shape index (κ3) is 3.03. The molecule has 0 N–H and O–H groups in total. The summed E-state index contributed by atoms with van der Waals surface area (Å²) in [6.45, 7) is 8.08. The van der Waals surface area contributed by atoms with E-state index in [0.717, 1.165) is 0 Å². The van der Waals surface area contributed by atoms with Gasteiger partial charge in [-0.1, -0.05) is 10.8 Å². The van der Waals surface area contributed by atoms with E-state index in [2.05, 4.69) is 0 Å². The van der Waals surface area contributed by atoms with Crippen LogP contribution in [-0.2, 0) is 23.7 Å². The predicted octanol–water partition coefficient (Wildman–Crippen LogP) is 2.34. The molecule has 3 saturated heterocycles. The molecule has 3 rings (SSSR count). The van der Waals surface area contributed by atoms with Gasteiger partial charge < -0.3 is 18.9 Å². The second-order valence-electron chi connectivity index (χ2n) is 6.23. The van der Waals surface area contributed by atoms with Crippen LogP contribution in [0, 0.1) is 0 Å². The highest BCUT2D eigenvalue weighted by Gasteiger charge is 2.53. The largest absolute Gasteiger partial charge is 0.348 e. The van der Waals surface area contributed by atoms with Gasteiger partial charge in [0.05, 0.1) is 11.9 Å². The van der Waals surface area contributed by atoms with Crippen molar-refractivity contribution < 1.29 is 23.7 Å². The second kappa shape index (κ2) is 5.14. The van der Waals surface area contributed by atoms with Gasteiger partial charge in [0.15, 0.2) is 11.6 Å². The van der Waals surface area contributed by atoms with Crippen molar-refractivity contribution in [3.63, 3.8) is 0 Å². The molecule has 3 aliphatic heterocycles. The Morgan fingerprint density at radius 1 is 1.05 bits per heavy atom. The molecule has 0 aromatic rings. The average molecular weight is 320 g/mol. The van der Waals surface area contributed by atoms with E-state index in [-0.39, 0.29) is 28.7 Å². The minimum atomic E-state index is -0.651. The molecule has 20 heavy (non-hydrogen) atoms. The molecule has 3 fully saturated rings. The Hall–Kier alpha value is 0.210. The third-order valence-corrected chi connectivity index (χ3v) is 6.28. The van der Waals surface area contributed by atoms with Crippen molar-refractivity contribution in [2.24, 2.45) is 0 Å². The Morgan fingerprint density at radius 3 is 2.30 bits per heavy atom. The number of rotatable bonds is 2. The van der Waals surface area contributed by atoms with Gasteiger partial charge in [0.2, 0.25) is 5.12 Å². The molecule has 0 amide bonds. The summed E-state index contributed by atoms with van der Waals surface area (Å²) >= 11 is 0. The third-order valence-electron chi connectivity index (χ3n) is 3.56. The quantitative estimate of drug-likeness (QED) is 0.724. The Morgan fingerprint density at radius 2 is 1.75 bits per heavy atom. The highest BCUT2D eigenvalue weighted by atomic mass is 33.1. The van der Waals surface area contributed by atoms with Crippen molar-refractivity contribution in [3.05, 3.63) is 0 Å². The van der Waals surface area contributed by atoms with Crippen LogP contribution in [0.3, 0.4) is 0 Å². The van der Waals surface area contributed by atoms with E-state index in [1.165, 1.54) is 10.8 Å². The van der Waals surface area contributed by atoms with Crippen LogP contribution in [0.1, 0.15) is 34.1 Å². The minimum Gasteiger partial charge on any atom is -0.348 e. The molecule has 0 aromatic carbocycles. The maximum Gasteiger partial charge on any atom is 0.200 e. The Labute approximate surface area is 126 Å². The fourth-order valence-electron chi connectivity index (χ4n) is 2.79. The summed E-state index contributed by atoms with van der Waals surface area (Å²) in [5.41, 5.74) is 0. The summed E-state index contributed by atoms with van der Waals surface area (Å²) in [6.07, 6.45) is 0.0257. The number of carbonyl (C=O) groups excluding carboxylic acids is 1. The van der Waals surface area contributed by atoms with Gasteiger partial charge in [0.1, 0.15) is 18.3 Å². The van der Waals surface area contributed by atoms with E-state index in [1.54, 1.807) is 10.8 Å². The Kier molecular flexibility index (Phi) is 3.88. The zero-order valence-corrected chi connectivity index (χ0v) is 13.7. The number of hydrogen-bond acceptors (Lipinski definition) is 7. The SMILES string of the molecule is CC1(C)O[C@H]([C@H]2COC(C)(C)O2)[C@@H](C2CC(=O)SS2)O1. The predicted molar refractivity (Wildman–Crippen MR) is 77.3 cm³/mol. The normalized spacial score (nSPS) is 43.3. The van der Waals surface area contributed by atoms with Crippen molar-refractivity contribution in [1.82, 2.24) is 0 Å². The monoisotopic (exact) mass is 320 g/mol. The zero-order chi connectivity index (χ0) is 14.5. The topological polar surface area (TPSA) is 54.0 Å². The van der Waals surface area contributed by atoms with E-state index in [0.29, 0.717) is 13.0 Å². The maximum atomic E-state index is 11.5. The van der Waals surface area contributed by atoms with Gasteiger partial charge >= 0.3 is 0 Å². The molecule has 1 unspecified atom stereocenters. The lowest BCUT2D eigenvalue weighted by Gasteiger charge is -2.25. The first-order valence-electron chi connectivity index (χ1n) is 6.79. The molecule has 4 atom stereocenters. The van der Waals surface area contributed by atoms with Crippen LogP contribution in [0.25, 0.3) is 0 Å². The first kappa shape index (κ1) is 15.1. The molecule has 0 aromatic heterocycles. The summed E-state index contributed by atoms with van der Waals surface area (Å²) in [5.74, 6) is -1.24.